The van der Waals surface area contributed by atoms with Crippen LogP contribution in [-0.2, 0) is 10.0 Å². The SMILES string of the molecule is CS(=O)(=O)N1CCCC(CC(O)c2ncn[nH]2)C1. The Balaban J connectivity index is 1.94. The van der Waals surface area contributed by atoms with Gasteiger partial charge in [0.05, 0.1) is 6.26 Å². The lowest BCUT2D eigenvalue weighted by Crippen LogP contribution is -2.39. The van der Waals surface area contributed by atoms with Crippen LogP contribution in [0.5, 0.6) is 0 Å². The molecule has 8 heteroatoms. The van der Waals surface area contributed by atoms with Gasteiger partial charge in [-0.2, -0.15) is 5.10 Å². The largest absolute Gasteiger partial charge is 0.385 e. The first kappa shape index (κ1) is 13.4. The van der Waals surface area contributed by atoms with Crippen LogP contribution in [0.3, 0.4) is 0 Å². The Labute approximate surface area is 106 Å². The summed E-state index contributed by atoms with van der Waals surface area (Å²) in [5.41, 5.74) is 0. The fraction of sp³-hybridized carbons (Fsp3) is 0.800. The molecule has 2 rings (SSSR count). The second-order valence-electron chi connectivity index (χ2n) is 4.75. The van der Waals surface area contributed by atoms with Gasteiger partial charge in [-0.05, 0) is 25.2 Å². The molecule has 1 saturated heterocycles. The van der Waals surface area contributed by atoms with Crippen LogP contribution in [0.2, 0.25) is 0 Å². The normalized spacial score (nSPS) is 24.0. The molecule has 2 heterocycles. The van der Waals surface area contributed by atoms with E-state index in [2.05, 4.69) is 15.2 Å². The van der Waals surface area contributed by atoms with Gasteiger partial charge in [0, 0.05) is 13.1 Å². The van der Waals surface area contributed by atoms with Crippen molar-refractivity contribution in [1.82, 2.24) is 19.5 Å². The summed E-state index contributed by atoms with van der Waals surface area (Å²) in [5.74, 6) is 0.597. The number of H-pyrrole nitrogens is 1. The standard InChI is InChI=1S/C10H18N4O3S/c1-18(16,17)14-4-2-3-8(6-14)5-9(15)10-11-7-12-13-10/h7-9,15H,2-6H2,1H3,(H,11,12,13). The van der Waals surface area contributed by atoms with Crippen molar-refractivity contribution in [3.05, 3.63) is 12.2 Å². The third-order valence-electron chi connectivity index (χ3n) is 3.26. The highest BCUT2D eigenvalue weighted by Crippen LogP contribution is 2.26. The topological polar surface area (TPSA) is 99.2 Å². The molecule has 1 aliphatic heterocycles. The van der Waals surface area contributed by atoms with E-state index in [9.17, 15) is 13.5 Å². The van der Waals surface area contributed by atoms with E-state index in [0.717, 1.165) is 12.8 Å². The molecule has 0 bridgehead atoms. The molecule has 0 saturated carbocycles. The molecule has 7 nitrogen and oxygen atoms in total. The molecule has 1 fully saturated rings. The van der Waals surface area contributed by atoms with E-state index in [1.165, 1.54) is 16.9 Å². The van der Waals surface area contributed by atoms with Crippen molar-refractivity contribution in [2.75, 3.05) is 19.3 Å². The van der Waals surface area contributed by atoms with Gasteiger partial charge >= 0.3 is 0 Å². The maximum absolute atomic E-state index is 11.5. The zero-order valence-electron chi connectivity index (χ0n) is 10.3. The number of aromatic nitrogens is 3. The number of aliphatic hydroxyl groups is 1. The van der Waals surface area contributed by atoms with Gasteiger partial charge in [-0.1, -0.05) is 0 Å². The van der Waals surface area contributed by atoms with Gasteiger partial charge in [0.15, 0.2) is 5.82 Å². The molecule has 2 unspecified atom stereocenters. The molecule has 2 atom stereocenters. The number of piperidine rings is 1. The first-order valence-corrected chi connectivity index (χ1v) is 7.80. The first-order valence-electron chi connectivity index (χ1n) is 5.95. The van der Waals surface area contributed by atoms with Gasteiger partial charge in [-0.25, -0.2) is 17.7 Å². The third kappa shape index (κ3) is 3.27. The smallest absolute Gasteiger partial charge is 0.211 e. The number of hydrogen-bond donors (Lipinski definition) is 2. The molecule has 0 aliphatic carbocycles. The highest BCUT2D eigenvalue weighted by molar-refractivity contribution is 7.88. The van der Waals surface area contributed by atoms with Crippen molar-refractivity contribution in [2.24, 2.45) is 5.92 Å². The number of aliphatic hydroxyl groups excluding tert-OH is 1. The predicted molar refractivity (Wildman–Crippen MR) is 65.1 cm³/mol. The Bertz CT molecular complexity index is 473. The number of rotatable bonds is 4. The highest BCUT2D eigenvalue weighted by atomic mass is 32.2. The van der Waals surface area contributed by atoms with E-state index in [-0.39, 0.29) is 5.92 Å². The summed E-state index contributed by atoms with van der Waals surface area (Å²) in [6.07, 6.45) is 4.13. The molecule has 2 N–H and O–H groups in total. The van der Waals surface area contributed by atoms with Crippen LogP contribution in [0, 0.1) is 5.92 Å². The number of aromatic amines is 1. The number of nitrogens with zero attached hydrogens (tertiary/aromatic N) is 3. The maximum atomic E-state index is 11.5. The van der Waals surface area contributed by atoms with E-state index in [1.807, 2.05) is 0 Å². The molecular weight excluding hydrogens is 256 g/mol. The lowest BCUT2D eigenvalue weighted by Gasteiger charge is -2.31. The van der Waals surface area contributed by atoms with Crippen LogP contribution in [0.15, 0.2) is 6.33 Å². The van der Waals surface area contributed by atoms with E-state index < -0.39 is 16.1 Å². The molecule has 1 aliphatic rings. The lowest BCUT2D eigenvalue weighted by molar-refractivity contribution is 0.116. The van der Waals surface area contributed by atoms with Crippen LogP contribution < -0.4 is 0 Å². The molecule has 0 amide bonds. The van der Waals surface area contributed by atoms with Gasteiger partial charge < -0.3 is 5.11 Å². The maximum Gasteiger partial charge on any atom is 0.211 e. The Morgan fingerprint density at radius 3 is 3.06 bits per heavy atom. The molecule has 18 heavy (non-hydrogen) atoms. The van der Waals surface area contributed by atoms with Crippen LogP contribution in [0.4, 0.5) is 0 Å². The average molecular weight is 274 g/mol. The van der Waals surface area contributed by atoms with Crippen LogP contribution in [0.25, 0.3) is 0 Å². The Kier molecular flexibility index (Phi) is 3.98. The summed E-state index contributed by atoms with van der Waals surface area (Å²) < 4.78 is 24.4. The Hall–Kier alpha value is -0.990. The molecule has 102 valence electrons. The molecule has 0 aromatic carbocycles. The van der Waals surface area contributed by atoms with Gasteiger partial charge in [-0.3, -0.25) is 5.10 Å². The van der Waals surface area contributed by atoms with Crippen molar-refractivity contribution >= 4 is 10.0 Å². The minimum atomic E-state index is -3.13. The van der Waals surface area contributed by atoms with E-state index in [0.29, 0.717) is 25.3 Å². The van der Waals surface area contributed by atoms with Crippen molar-refractivity contribution in [1.29, 1.82) is 0 Å². The van der Waals surface area contributed by atoms with Gasteiger partial charge in [0.25, 0.3) is 0 Å². The van der Waals surface area contributed by atoms with Crippen molar-refractivity contribution in [2.45, 2.75) is 25.4 Å². The van der Waals surface area contributed by atoms with Crippen molar-refractivity contribution in [3.63, 3.8) is 0 Å². The lowest BCUT2D eigenvalue weighted by atomic mass is 9.93. The quantitative estimate of drug-likeness (QED) is 0.798. The summed E-state index contributed by atoms with van der Waals surface area (Å²) in [5, 5.41) is 16.3. The Morgan fingerprint density at radius 2 is 2.44 bits per heavy atom. The molecule has 0 radical (unpaired) electrons. The molecule has 0 spiro atoms. The number of hydrogen-bond acceptors (Lipinski definition) is 5. The van der Waals surface area contributed by atoms with Crippen molar-refractivity contribution < 1.29 is 13.5 Å². The second-order valence-corrected chi connectivity index (χ2v) is 6.73. The zero-order valence-corrected chi connectivity index (χ0v) is 11.1. The van der Waals surface area contributed by atoms with E-state index >= 15 is 0 Å². The minimum Gasteiger partial charge on any atom is -0.385 e. The monoisotopic (exact) mass is 274 g/mol. The Morgan fingerprint density at radius 1 is 1.67 bits per heavy atom. The summed E-state index contributed by atoms with van der Waals surface area (Å²) >= 11 is 0. The van der Waals surface area contributed by atoms with E-state index in [1.54, 1.807) is 0 Å². The first-order chi connectivity index (χ1) is 8.47. The molecular formula is C10H18N4O3S. The number of sulfonamides is 1. The molecule has 1 aromatic heterocycles. The van der Waals surface area contributed by atoms with Gasteiger partial charge in [0.1, 0.15) is 12.4 Å². The summed E-state index contributed by atoms with van der Waals surface area (Å²) in [6, 6.07) is 0. The van der Waals surface area contributed by atoms with Crippen LogP contribution in [-0.4, -0.2) is 52.4 Å². The fourth-order valence-electron chi connectivity index (χ4n) is 2.32. The van der Waals surface area contributed by atoms with Gasteiger partial charge in [-0.15, -0.1) is 0 Å². The van der Waals surface area contributed by atoms with E-state index in [4.69, 9.17) is 0 Å². The predicted octanol–water partition coefficient (Wildman–Crippen LogP) is -0.100. The van der Waals surface area contributed by atoms with Crippen LogP contribution >= 0.6 is 0 Å². The second kappa shape index (κ2) is 5.33. The fourth-order valence-corrected chi connectivity index (χ4v) is 3.27. The average Bonchev–Trinajstić information content (AvgIpc) is 2.81. The van der Waals surface area contributed by atoms with Crippen LogP contribution in [0.1, 0.15) is 31.2 Å². The number of nitrogens with one attached hydrogen (secondary N) is 1. The molecule has 1 aromatic rings. The minimum absolute atomic E-state index is 0.161. The zero-order chi connectivity index (χ0) is 13.2. The van der Waals surface area contributed by atoms with Gasteiger partial charge in [0.2, 0.25) is 10.0 Å². The van der Waals surface area contributed by atoms with Crippen molar-refractivity contribution in [3.8, 4) is 0 Å². The third-order valence-corrected chi connectivity index (χ3v) is 4.53. The summed E-state index contributed by atoms with van der Waals surface area (Å²) in [6.45, 7) is 1.05. The summed E-state index contributed by atoms with van der Waals surface area (Å²) in [4.78, 5) is 3.90. The summed E-state index contributed by atoms with van der Waals surface area (Å²) in [7, 11) is -3.13. The highest BCUT2D eigenvalue weighted by Gasteiger charge is 2.28.